The Balaban J connectivity index is 1.48. The molecule has 1 unspecified atom stereocenters. The number of benzene rings is 2. The lowest BCUT2D eigenvalue weighted by molar-refractivity contribution is -0.150. The van der Waals surface area contributed by atoms with Crippen molar-refractivity contribution in [3.63, 3.8) is 0 Å². The zero-order valence-corrected chi connectivity index (χ0v) is 22.6. The number of hydrogen-bond acceptors (Lipinski definition) is 6. The van der Waals surface area contributed by atoms with Crippen LogP contribution in [0.1, 0.15) is 47.6 Å². The molecule has 0 bridgehead atoms. The lowest BCUT2D eigenvalue weighted by atomic mass is 10.00. The van der Waals surface area contributed by atoms with E-state index in [2.05, 4.69) is 20.2 Å². The van der Waals surface area contributed by atoms with Crippen LogP contribution in [0.2, 0.25) is 0 Å². The maximum atomic E-state index is 14.4. The molecule has 2 aromatic carbocycles. The number of nitrogens with one attached hydrogen (secondary N) is 1. The van der Waals surface area contributed by atoms with Crippen molar-refractivity contribution >= 4 is 12.0 Å². The smallest absolute Gasteiger partial charge is 0.417 e. The van der Waals surface area contributed by atoms with Gasteiger partial charge in [0.05, 0.1) is 52.6 Å². The Labute approximate surface area is 244 Å². The molecule has 1 N–H and O–H groups in total. The molecule has 7 nitrogen and oxygen atoms in total. The zero-order valence-electron chi connectivity index (χ0n) is 22.6. The molecule has 1 aliphatic heterocycles. The van der Waals surface area contributed by atoms with Gasteiger partial charge in [-0.25, -0.2) is 18.6 Å². The summed E-state index contributed by atoms with van der Waals surface area (Å²) >= 11 is 0. The fourth-order valence-electron chi connectivity index (χ4n) is 4.59. The number of carbonyl (C=O) groups excluding carboxylic acids is 1. The summed E-state index contributed by atoms with van der Waals surface area (Å²) < 4.78 is 114. The summed E-state index contributed by atoms with van der Waals surface area (Å²) in [5.74, 6) is -2.88. The number of carbonyl (C=O) groups is 1. The van der Waals surface area contributed by atoms with Crippen LogP contribution in [-0.2, 0) is 28.4 Å². The van der Waals surface area contributed by atoms with Crippen LogP contribution in [0, 0.1) is 11.6 Å². The summed E-state index contributed by atoms with van der Waals surface area (Å²) in [5.41, 5.74) is -3.35. The van der Waals surface area contributed by atoms with E-state index in [0.717, 1.165) is 12.1 Å². The number of alkyl halides is 6. The van der Waals surface area contributed by atoms with Gasteiger partial charge in [-0.1, -0.05) is 19.1 Å². The van der Waals surface area contributed by atoms with E-state index in [1.807, 2.05) is 0 Å². The van der Waals surface area contributed by atoms with Crippen LogP contribution >= 0.6 is 0 Å². The summed E-state index contributed by atoms with van der Waals surface area (Å²) in [7, 11) is 0. The van der Waals surface area contributed by atoms with Gasteiger partial charge in [0.15, 0.2) is 17.7 Å². The molecule has 5 rings (SSSR count). The van der Waals surface area contributed by atoms with Crippen molar-refractivity contribution in [3.05, 3.63) is 94.6 Å². The van der Waals surface area contributed by atoms with Crippen LogP contribution < -0.4 is 0 Å². The number of rotatable bonds is 7. The van der Waals surface area contributed by atoms with Gasteiger partial charge in [0.1, 0.15) is 5.82 Å². The molecule has 1 aliphatic rings. The first-order valence-electron chi connectivity index (χ1n) is 13.0. The number of nitrogens with zero attached hydrogens (tertiary/aromatic N) is 4. The third kappa shape index (κ3) is 6.12. The van der Waals surface area contributed by atoms with Crippen molar-refractivity contribution in [1.82, 2.24) is 25.1 Å². The van der Waals surface area contributed by atoms with Gasteiger partial charge < -0.3 is 14.6 Å². The quantitative estimate of drug-likeness (QED) is 0.172. The number of H-pyrrole nitrogens is 1. The number of aromatic nitrogens is 4. The Bertz CT molecular complexity index is 1710. The van der Waals surface area contributed by atoms with E-state index in [-0.39, 0.29) is 42.0 Å². The van der Waals surface area contributed by atoms with Crippen molar-refractivity contribution < 1.29 is 44.7 Å². The first kappa shape index (κ1) is 30.6. The Hall–Kier alpha value is -4.82. The van der Waals surface area contributed by atoms with E-state index in [9.17, 15) is 39.9 Å². The average molecular weight is 624 g/mol. The van der Waals surface area contributed by atoms with E-state index < -0.39 is 52.7 Å². The van der Waals surface area contributed by atoms with Gasteiger partial charge >= 0.3 is 18.3 Å². The summed E-state index contributed by atoms with van der Waals surface area (Å²) in [6, 6.07) is 5.87. The first-order valence-corrected chi connectivity index (χ1v) is 13.0. The number of imidazole rings is 1. The third-order valence-electron chi connectivity index (χ3n) is 6.68. The summed E-state index contributed by atoms with van der Waals surface area (Å²) in [6.45, 7) is 1.78. The molecular formula is C29H21F8N5O2. The second-order valence-corrected chi connectivity index (χ2v) is 9.70. The highest BCUT2D eigenvalue weighted by Crippen LogP contribution is 2.40. The Kier molecular flexibility index (Phi) is 8.14. The van der Waals surface area contributed by atoms with E-state index in [1.165, 1.54) is 35.4 Å². The minimum Gasteiger partial charge on any atom is -0.464 e. The highest BCUT2D eigenvalue weighted by atomic mass is 19.4. The molecule has 0 fully saturated rings. The van der Waals surface area contributed by atoms with Crippen LogP contribution in [0.15, 0.2) is 54.7 Å². The second-order valence-electron chi connectivity index (χ2n) is 9.70. The molecule has 0 saturated carbocycles. The molecule has 0 aliphatic carbocycles. The molecule has 0 amide bonds. The SMILES string of the molecule is CCCOC(=O)C(c1ccc(-c2ccc(C(F)(F)F)cc2C(F)(F)F)nn1)N1C=Cc2[nH]c(-c3cccc(F)c3F)nc2C1. The molecule has 1 atom stereocenters. The Morgan fingerprint density at radius 1 is 1.00 bits per heavy atom. The lowest BCUT2D eigenvalue weighted by Gasteiger charge is -2.30. The minimum atomic E-state index is -5.13. The molecule has 0 saturated heterocycles. The van der Waals surface area contributed by atoms with E-state index in [0.29, 0.717) is 29.9 Å². The minimum absolute atomic E-state index is 0.000211. The van der Waals surface area contributed by atoms with Crippen molar-refractivity contribution in [2.24, 2.45) is 0 Å². The number of aromatic amines is 1. The summed E-state index contributed by atoms with van der Waals surface area (Å²) in [5, 5.41) is 7.76. The fraction of sp³-hybridized carbons (Fsp3) is 0.241. The lowest BCUT2D eigenvalue weighted by Crippen LogP contribution is -2.33. The summed E-state index contributed by atoms with van der Waals surface area (Å²) in [4.78, 5) is 21.9. The number of fused-ring (bicyclic) bond motifs is 1. The highest BCUT2D eigenvalue weighted by Gasteiger charge is 2.39. The van der Waals surface area contributed by atoms with Gasteiger partial charge in [-0.2, -0.15) is 36.5 Å². The molecule has 44 heavy (non-hydrogen) atoms. The molecule has 2 aromatic heterocycles. The normalized spacial score (nSPS) is 14.0. The highest BCUT2D eigenvalue weighted by molar-refractivity contribution is 5.78. The topological polar surface area (TPSA) is 84.0 Å². The molecule has 3 heterocycles. The van der Waals surface area contributed by atoms with E-state index in [4.69, 9.17) is 4.74 Å². The number of hydrogen-bond donors (Lipinski definition) is 1. The maximum Gasteiger partial charge on any atom is 0.417 e. The molecule has 0 spiro atoms. The van der Waals surface area contributed by atoms with E-state index >= 15 is 0 Å². The number of ether oxygens (including phenoxy) is 1. The van der Waals surface area contributed by atoms with Crippen molar-refractivity contribution in [3.8, 4) is 22.6 Å². The van der Waals surface area contributed by atoms with Gasteiger partial charge in [-0.3, -0.25) is 0 Å². The van der Waals surface area contributed by atoms with Crippen LogP contribution in [-0.4, -0.2) is 37.6 Å². The van der Waals surface area contributed by atoms with Gasteiger partial charge in [0.2, 0.25) is 0 Å². The monoisotopic (exact) mass is 623 g/mol. The molecule has 4 aromatic rings. The molecular weight excluding hydrogens is 602 g/mol. The molecule has 0 radical (unpaired) electrons. The van der Waals surface area contributed by atoms with Crippen LogP contribution in [0.3, 0.4) is 0 Å². The Morgan fingerprint density at radius 3 is 2.43 bits per heavy atom. The summed E-state index contributed by atoms with van der Waals surface area (Å²) in [6.07, 6.45) is -6.61. The number of halogens is 8. The van der Waals surface area contributed by atoms with Gasteiger partial charge in [-0.05, 0) is 48.9 Å². The number of esters is 1. The van der Waals surface area contributed by atoms with Crippen LogP contribution in [0.25, 0.3) is 28.7 Å². The standard InChI is InChI=1S/C29H21F8N5O2/c1-2-12-44-27(43)25(42-11-10-21-23(14-42)39-26(38-21)17-4-3-5-19(30)24(17)31)22-9-8-20(40-41-22)16-7-6-15(28(32,33)34)13-18(16)29(35,36)37/h3-11,13,25H,2,12,14H2,1H3,(H,38,39). The Morgan fingerprint density at radius 2 is 1.77 bits per heavy atom. The fourth-order valence-corrected chi connectivity index (χ4v) is 4.59. The molecule has 15 heteroatoms. The maximum absolute atomic E-state index is 14.4. The van der Waals surface area contributed by atoms with Gasteiger partial charge in [0.25, 0.3) is 0 Å². The van der Waals surface area contributed by atoms with Crippen molar-refractivity contribution in [2.45, 2.75) is 38.3 Å². The van der Waals surface area contributed by atoms with Crippen LogP contribution in [0.4, 0.5) is 35.1 Å². The zero-order chi connectivity index (χ0) is 31.8. The largest absolute Gasteiger partial charge is 0.464 e. The second kappa shape index (κ2) is 11.7. The first-order chi connectivity index (χ1) is 20.8. The van der Waals surface area contributed by atoms with Crippen molar-refractivity contribution in [2.75, 3.05) is 6.61 Å². The predicted octanol–water partition coefficient (Wildman–Crippen LogP) is 7.33. The molecule has 230 valence electrons. The van der Waals surface area contributed by atoms with Gasteiger partial charge in [0, 0.05) is 11.8 Å². The van der Waals surface area contributed by atoms with Crippen molar-refractivity contribution in [1.29, 1.82) is 0 Å². The van der Waals surface area contributed by atoms with Gasteiger partial charge in [-0.15, -0.1) is 0 Å². The third-order valence-corrected chi connectivity index (χ3v) is 6.68. The predicted molar refractivity (Wildman–Crippen MR) is 140 cm³/mol. The van der Waals surface area contributed by atoms with Crippen LogP contribution in [0.5, 0.6) is 0 Å². The average Bonchev–Trinajstić information content (AvgIpc) is 3.40. The van der Waals surface area contributed by atoms with E-state index in [1.54, 1.807) is 6.92 Å².